The highest BCUT2D eigenvalue weighted by molar-refractivity contribution is 5.92. The SMILES string of the molecule is COC(=O)C[C@@H](NC(=O)[C@H](Cc1ccccc1F)NC(C)=O)C(=O)OC. The van der Waals surface area contributed by atoms with E-state index in [1.807, 2.05) is 0 Å². The molecule has 0 fully saturated rings. The van der Waals surface area contributed by atoms with Crippen molar-refractivity contribution in [2.45, 2.75) is 31.8 Å². The third-order valence-corrected chi connectivity index (χ3v) is 3.48. The van der Waals surface area contributed by atoms with E-state index in [1.54, 1.807) is 6.07 Å². The van der Waals surface area contributed by atoms with Crippen molar-refractivity contribution in [1.82, 2.24) is 10.6 Å². The lowest BCUT2D eigenvalue weighted by molar-refractivity contribution is -0.151. The number of ether oxygens (including phenoxy) is 2. The summed E-state index contributed by atoms with van der Waals surface area (Å²) >= 11 is 0. The number of carbonyl (C=O) groups is 4. The van der Waals surface area contributed by atoms with Gasteiger partial charge < -0.3 is 20.1 Å². The number of rotatable bonds is 8. The van der Waals surface area contributed by atoms with Gasteiger partial charge in [0.15, 0.2) is 0 Å². The highest BCUT2D eigenvalue weighted by atomic mass is 19.1. The van der Waals surface area contributed by atoms with Gasteiger partial charge in [-0.15, -0.1) is 0 Å². The summed E-state index contributed by atoms with van der Waals surface area (Å²) < 4.78 is 22.9. The van der Waals surface area contributed by atoms with Gasteiger partial charge >= 0.3 is 11.9 Å². The Bertz CT molecular complexity index is 679. The van der Waals surface area contributed by atoms with E-state index >= 15 is 0 Å². The average Bonchev–Trinajstić information content (AvgIpc) is 2.60. The Morgan fingerprint density at radius 2 is 1.69 bits per heavy atom. The van der Waals surface area contributed by atoms with Crippen LogP contribution in [0, 0.1) is 5.82 Å². The van der Waals surface area contributed by atoms with Crippen LogP contribution in [0.5, 0.6) is 0 Å². The third-order valence-electron chi connectivity index (χ3n) is 3.48. The molecule has 0 bridgehead atoms. The van der Waals surface area contributed by atoms with Crippen LogP contribution in [0.15, 0.2) is 24.3 Å². The van der Waals surface area contributed by atoms with Gasteiger partial charge in [0.2, 0.25) is 11.8 Å². The molecule has 1 aromatic rings. The van der Waals surface area contributed by atoms with Crippen molar-refractivity contribution in [3.05, 3.63) is 35.6 Å². The van der Waals surface area contributed by atoms with Crippen molar-refractivity contribution in [3.63, 3.8) is 0 Å². The maximum Gasteiger partial charge on any atom is 0.328 e. The van der Waals surface area contributed by atoms with E-state index in [0.29, 0.717) is 0 Å². The Balaban J connectivity index is 2.95. The molecule has 0 saturated heterocycles. The van der Waals surface area contributed by atoms with Crippen molar-refractivity contribution in [2.75, 3.05) is 14.2 Å². The van der Waals surface area contributed by atoms with Gasteiger partial charge in [0, 0.05) is 13.3 Å². The maximum absolute atomic E-state index is 13.8. The summed E-state index contributed by atoms with van der Waals surface area (Å²) in [5.74, 6) is -3.39. The van der Waals surface area contributed by atoms with Gasteiger partial charge in [-0.2, -0.15) is 0 Å². The summed E-state index contributed by atoms with van der Waals surface area (Å²) in [6.45, 7) is 1.20. The van der Waals surface area contributed by atoms with E-state index < -0.39 is 48.1 Å². The minimum atomic E-state index is -1.29. The second-order valence-electron chi connectivity index (χ2n) is 5.41. The van der Waals surface area contributed by atoms with Crippen LogP contribution in [0.1, 0.15) is 18.9 Å². The zero-order valence-electron chi connectivity index (χ0n) is 14.7. The van der Waals surface area contributed by atoms with E-state index in [-0.39, 0.29) is 12.0 Å². The maximum atomic E-state index is 13.8. The first-order valence-electron chi connectivity index (χ1n) is 7.74. The Morgan fingerprint density at radius 1 is 1.04 bits per heavy atom. The minimum absolute atomic E-state index is 0.135. The van der Waals surface area contributed by atoms with Gasteiger partial charge in [0.1, 0.15) is 17.9 Å². The van der Waals surface area contributed by atoms with Crippen LogP contribution in [0.2, 0.25) is 0 Å². The number of esters is 2. The Labute approximate surface area is 150 Å². The topological polar surface area (TPSA) is 111 Å². The Hall–Kier alpha value is -2.97. The second-order valence-corrected chi connectivity index (χ2v) is 5.41. The molecule has 0 unspecified atom stereocenters. The lowest BCUT2D eigenvalue weighted by Gasteiger charge is -2.21. The predicted octanol–water partition coefficient (Wildman–Crippen LogP) is 0.0938. The largest absolute Gasteiger partial charge is 0.469 e. The Morgan fingerprint density at radius 3 is 2.23 bits per heavy atom. The molecule has 0 saturated carbocycles. The smallest absolute Gasteiger partial charge is 0.328 e. The van der Waals surface area contributed by atoms with Gasteiger partial charge in [-0.3, -0.25) is 14.4 Å². The van der Waals surface area contributed by atoms with E-state index in [9.17, 15) is 23.6 Å². The van der Waals surface area contributed by atoms with E-state index in [1.165, 1.54) is 25.1 Å². The van der Waals surface area contributed by atoms with Crippen LogP contribution in [-0.2, 0) is 35.1 Å². The van der Waals surface area contributed by atoms with Gasteiger partial charge in [0.25, 0.3) is 0 Å². The van der Waals surface area contributed by atoms with Crippen molar-refractivity contribution in [3.8, 4) is 0 Å². The predicted molar refractivity (Wildman–Crippen MR) is 88.3 cm³/mol. The van der Waals surface area contributed by atoms with Crippen LogP contribution in [0.25, 0.3) is 0 Å². The van der Waals surface area contributed by atoms with Crippen LogP contribution in [0.4, 0.5) is 4.39 Å². The molecule has 0 heterocycles. The van der Waals surface area contributed by atoms with E-state index in [4.69, 9.17) is 0 Å². The lowest BCUT2D eigenvalue weighted by atomic mass is 10.0. The molecule has 0 aromatic heterocycles. The van der Waals surface area contributed by atoms with Gasteiger partial charge in [-0.05, 0) is 11.6 Å². The molecule has 1 rings (SSSR count). The summed E-state index contributed by atoms with van der Waals surface area (Å²) in [4.78, 5) is 47.0. The third kappa shape index (κ3) is 6.50. The number of methoxy groups -OCH3 is 2. The van der Waals surface area contributed by atoms with Crippen molar-refractivity contribution >= 4 is 23.8 Å². The highest BCUT2D eigenvalue weighted by Gasteiger charge is 2.29. The zero-order chi connectivity index (χ0) is 19.7. The number of hydrogen-bond acceptors (Lipinski definition) is 6. The molecule has 2 N–H and O–H groups in total. The first kappa shape index (κ1) is 21.1. The molecule has 0 aliphatic rings. The van der Waals surface area contributed by atoms with E-state index in [0.717, 1.165) is 14.2 Å². The molecule has 26 heavy (non-hydrogen) atoms. The molecule has 0 radical (unpaired) electrons. The molecule has 0 spiro atoms. The summed E-state index contributed by atoms with van der Waals surface area (Å²) in [6, 6.07) is 3.35. The summed E-state index contributed by atoms with van der Waals surface area (Å²) in [5.41, 5.74) is 0.212. The molecular formula is C17H21FN2O6. The van der Waals surface area contributed by atoms with Crippen LogP contribution < -0.4 is 10.6 Å². The second kappa shape index (κ2) is 10.1. The van der Waals surface area contributed by atoms with Crippen molar-refractivity contribution in [2.24, 2.45) is 0 Å². The molecule has 0 aliphatic carbocycles. The molecule has 2 atom stereocenters. The molecular weight excluding hydrogens is 347 g/mol. The normalized spacial score (nSPS) is 12.5. The monoisotopic (exact) mass is 368 g/mol. The van der Waals surface area contributed by atoms with Gasteiger partial charge in [0.05, 0.1) is 20.6 Å². The van der Waals surface area contributed by atoms with E-state index in [2.05, 4.69) is 20.1 Å². The number of hydrogen-bond donors (Lipinski definition) is 2. The molecule has 8 nitrogen and oxygen atoms in total. The lowest BCUT2D eigenvalue weighted by Crippen LogP contribution is -2.53. The van der Waals surface area contributed by atoms with Crippen LogP contribution in [-0.4, -0.2) is 50.1 Å². The van der Waals surface area contributed by atoms with Gasteiger partial charge in [-0.25, -0.2) is 9.18 Å². The fourth-order valence-electron chi connectivity index (χ4n) is 2.20. The number of benzene rings is 1. The van der Waals surface area contributed by atoms with Crippen molar-refractivity contribution in [1.29, 1.82) is 0 Å². The van der Waals surface area contributed by atoms with Crippen molar-refractivity contribution < 1.29 is 33.0 Å². The summed E-state index contributed by atoms with van der Waals surface area (Å²) in [6.07, 6.45) is -0.578. The fourth-order valence-corrected chi connectivity index (χ4v) is 2.20. The molecule has 1 aromatic carbocycles. The molecule has 0 aliphatic heterocycles. The summed E-state index contributed by atoms with van der Waals surface area (Å²) in [7, 11) is 2.24. The highest BCUT2D eigenvalue weighted by Crippen LogP contribution is 2.10. The van der Waals surface area contributed by atoms with Crippen LogP contribution in [0.3, 0.4) is 0 Å². The first-order chi connectivity index (χ1) is 12.3. The number of carbonyl (C=O) groups excluding carboxylic acids is 4. The fraction of sp³-hybridized carbons (Fsp3) is 0.412. The van der Waals surface area contributed by atoms with Crippen LogP contribution >= 0.6 is 0 Å². The first-order valence-corrected chi connectivity index (χ1v) is 7.74. The summed E-state index contributed by atoms with van der Waals surface area (Å²) in [5, 5.41) is 4.73. The molecule has 2 amide bonds. The van der Waals surface area contributed by atoms with Gasteiger partial charge in [-0.1, -0.05) is 18.2 Å². The molecule has 142 valence electrons. The number of amides is 2. The number of nitrogens with one attached hydrogen (secondary N) is 2. The average molecular weight is 368 g/mol. The molecule has 9 heteroatoms. The quantitative estimate of drug-likeness (QED) is 0.630. The number of halogens is 1. The minimum Gasteiger partial charge on any atom is -0.469 e. The standard InChI is InChI=1S/C17H21FN2O6/c1-10(21)19-13(8-11-6-4-5-7-12(11)18)16(23)20-14(17(24)26-3)9-15(22)25-2/h4-7,13-14H,8-9H2,1-3H3,(H,19,21)(H,20,23)/t13-,14+/m0/s1. The Kier molecular flexibility index (Phi) is 8.20. The zero-order valence-corrected chi connectivity index (χ0v) is 14.7.